The summed E-state index contributed by atoms with van der Waals surface area (Å²) in [4.78, 5) is 0. The highest BCUT2D eigenvalue weighted by Gasteiger charge is 2.36. The topological polar surface area (TPSA) is 0 Å². The second kappa shape index (κ2) is 1.17. The van der Waals surface area contributed by atoms with Crippen molar-refractivity contribution in [3.63, 3.8) is 0 Å². The molecule has 6 heavy (non-hydrogen) atoms. The second-order valence-corrected chi connectivity index (χ2v) is 9.12. The molecule has 0 aromatic carbocycles. The van der Waals surface area contributed by atoms with Crippen LogP contribution in [0.15, 0.2) is 0 Å². The molecule has 2 fully saturated rings. The molecule has 2 heteroatoms. The van der Waals surface area contributed by atoms with Crippen molar-refractivity contribution in [3.05, 3.63) is 0 Å². The smallest absolute Gasteiger partial charge is 0.0244 e. The Bertz CT molecular complexity index is 53.9. The molecule has 0 unspecified atom stereocenters. The molecule has 0 saturated carbocycles. The van der Waals surface area contributed by atoms with Crippen molar-refractivity contribution in [1.82, 2.24) is 0 Å². The predicted octanol–water partition coefficient (Wildman–Crippen LogP) is 1.89. The van der Waals surface area contributed by atoms with Crippen molar-refractivity contribution in [2.45, 2.75) is 0 Å². The van der Waals surface area contributed by atoms with Gasteiger partial charge in [0.2, 0.25) is 0 Å². The quantitative estimate of drug-likeness (QED) is 0.461. The maximum Gasteiger partial charge on any atom is -0.0244 e. The molecule has 2 heterocycles. The van der Waals surface area contributed by atoms with Crippen molar-refractivity contribution in [3.8, 4) is 0 Å². The Morgan fingerprint density at radius 3 is 1.17 bits per heavy atom. The highest BCUT2D eigenvalue weighted by atomic mass is 32.1. The van der Waals surface area contributed by atoms with Gasteiger partial charge in [-0.15, -0.1) is 0 Å². The highest BCUT2D eigenvalue weighted by Crippen LogP contribution is 2.84. The molecule has 0 nitrogen and oxygen atoms in total. The van der Waals surface area contributed by atoms with E-state index in [1.54, 1.807) is 24.6 Å². The van der Waals surface area contributed by atoms with Gasteiger partial charge < -0.3 is 0 Å². The first-order chi connectivity index (χ1) is 2.97. The molecule has 2 aliphatic heterocycles. The van der Waals surface area contributed by atoms with E-state index in [-0.39, 0.29) is 0 Å². The van der Waals surface area contributed by atoms with Crippen LogP contribution < -0.4 is 0 Å². The molecule has 0 amide bonds. The monoisotopic (exact) mass is 118 g/mol. The zero-order chi connectivity index (χ0) is 3.98. The van der Waals surface area contributed by atoms with E-state index < -0.39 is 0 Å². The van der Waals surface area contributed by atoms with Crippen LogP contribution in [-0.4, -0.2) is 24.6 Å². The molecule has 34 valence electrons. The van der Waals surface area contributed by atoms with E-state index in [0.29, 0.717) is 0 Å². The lowest BCUT2D eigenvalue weighted by atomic mass is 11.0. The lowest BCUT2D eigenvalue weighted by Gasteiger charge is -1.80. The molecule has 0 aromatic rings. The summed E-state index contributed by atoms with van der Waals surface area (Å²) < 4.78 is 0. The first kappa shape index (κ1) is 3.81. The van der Waals surface area contributed by atoms with Crippen molar-refractivity contribution in [1.29, 1.82) is 0 Å². The van der Waals surface area contributed by atoms with Crippen LogP contribution in [-0.2, 0) is 0 Å². The van der Waals surface area contributed by atoms with Gasteiger partial charge in [0.15, 0.2) is 0 Å². The molecule has 0 spiro atoms. The average Bonchev–Trinajstić information content (AvgIpc) is 2.26. The van der Waals surface area contributed by atoms with Crippen molar-refractivity contribution < 1.29 is 0 Å². The lowest BCUT2D eigenvalue weighted by Crippen LogP contribution is -1.20. The molecule has 0 N–H and O–H groups in total. The number of hydrogen-bond acceptors (Lipinski definition) is 0. The van der Waals surface area contributed by atoms with Crippen molar-refractivity contribution in [2.24, 2.45) is 0 Å². The van der Waals surface area contributed by atoms with Gasteiger partial charge in [0.25, 0.3) is 0 Å². The van der Waals surface area contributed by atoms with E-state index in [2.05, 4.69) is 0 Å². The minimum absolute atomic E-state index is 0.766. The fourth-order valence-electron chi connectivity index (χ4n) is 0.655. The van der Waals surface area contributed by atoms with E-state index in [1.807, 2.05) is 0 Å². The van der Waals surface area contributed by atoms with E-state index in [1.165, 1.54) is 0 Å². The highest BCUT2D eigenvalue weighted by molar-refractivity contribution is 8.36. The summed E-state index contributed by atoms with van der Waals surface area (Å²) in [6, 6.07) is 0. The summed E-state index contributed by atoms with van der Waals surface area (Å²) in [5.41, 5.74) is 0. The number of hydrogen-bond donors (Lipinski definition) is 0. The van der Waals surface area contributed by atoms with Crippen LogP contribution in [0.5, 0.6) is 0 Å². The third-order valence-corrected chi connectivity index (χ3v) is 8.54. The third-order valence-electron chi connectivity index (χ3n) is 1.25. The molecule has 0 radical (unpaired) electrons. The molecule has 0 aromatic heterocycles. The Morgan fingerprint density at radius 2 is 1.00 bits per heavy atom. The Kier molecular flexibility index (Phi) is 0.746. The molecular formula is C4H8P2. The summed E-state index contributed by atoms with van der Waals surface area (Å²) in [5.74, 6) is 0. The van der Waals surface area contributed by atoms with Crippen LogP contribution in [0.3, 0.4) is 0 Å². The summed E-state index contributed by atoms with van der Waals surface area (Å²) >= 11 is 0. The van der Waals surface area contributed by atoms with Gasteiger partial charge in [0, 0.05) is 0 Å². The van der Waals surface area contributed by atoms with E-state index >= 15 is 0 Å². The van der Waals surface area contributed by atoms with Gasteiger partial charge in [-0.05, 0) is 24.6 Å². The molecule has 2 saturated heterocycles. The second-order valence-electron chi connectivity index (χ2n) is 1.91. The summed E-state index contributed by atoms with van der Waals surface area (Å²) in [5, 5.41) is 0. The van der Waals surface area contributed by atoms with Gasteiger partial charge in [0.05, 0.1) is 0 Å². The Balaban J connectivity index is 1.92. The third kappa shape index (κ3) is 0.614. The fourth-order valence-corrected chi connectivity index (χ4v) is 7.51. The van der Waals surface area contributed by atoms with Gasteiger partial charge in [0.1, 0.15) is 0 Å². The fraction of sp³-hybridized carbons (Fsp3) is 1.00. The van der Waals surface area contributed by atoms with E-state index in [4.69, 9.17) is 0 Å². The summed E-state index contributed by atoms with van der Waals surface area (Å²) in [6.45, 7) is 0. The number of rotatable bonds is 1. The first-order valence-corrected chi connectivity index (χ1v) is 6.59. The van der Waals surface area contributed by atoms with Crippen LogP contribution in [0.25, 0.3) is 0 Å². The van der Waals surface area contributed by atoms with Crippen LogP contribution in [0, 0.1) is 0 Å². The van der Waals surface area contributed by atoms with Crippen molar-refractivity contribution in [2.75, 3.05) is 24.6 Å². The average molecular weight is 118 g/mol. The maximum atomic E-state index is 1.65. The van der Waals surface area contributed by atoms with Gasteiger partial charge >= 0.3 is 0 Å². The lowest BCUT2D eigenvalue weighted by molar-refractivity contribution is 1.75. The Morgan fingerprint density at radius 1 is 0.667 bits per heavy atom. The van der Waals surface area contributed by atoms with Gasteiger partial charge in [-0.25, -0.2) is 0 Å². The van der Waals surface area contributed by atoms with Crippen LogP contribution in [0.2, 0.25) is 0 Å². The van der Waals surface area contributed by atoms with Gasteiger partial charge in [-0.3, -0.25) is 0 Å². The first-order valence-electron chi connectivity index (χ1n) is 2.46. The normalized spacial score (nSPS) is 34.0. The van der Waals surface area contributed by atoms with Crippen LogP contribution in [0.4, 0.5) is 0 Å². The summed E-state index contributed by atoms with van der Waals surface area (Å²) in [6.07, 6.45) is 6.62. The van der Waals surface area contributed by atoms with Crippen LogP contribution in [0.1, 0.15) is 0 Å². The summed E-state index contributed by atoms with van der Waals surface area (Å²) in [7, 11) is 1.53. The molecule has 2 rings (SSSR count). The maximum absolute atomic E-state index is 1.65. The molecule has 0 aliphatic carbocycles. The van der Waals surface area contributed by atoms with Crippen LogP contribution >= 0.6 is 15.2 Å². The standard InChI is InChI=1S/C4H8P2/c1-2-5(1)6-3-4-6/h1-4H2. The van der Waals surface area contributed by atoms with Gasteiger partial charge in [-0.1, -0.05) is 15.2 Å². The zero-order valence-corrected chi connectivity index (χ0v) is 5.51. The van der Waals surface area contributed by atoms with Crippen molar-refractivity contribution >= 4 is 15.2 Å². The molecule has 0 atom stereocenters. The Hall–Kier alpha value is 0.860. The predicted molar refractivity (Wildman–Crippen MR) is 33.3 cm³/mol. The molecular weight excluding hydrogens is 110 g/mol. The van der Waals surface area contributed by atoms with E-state index in [9.17, 15) is 0 Å². The zero-order valence-electron chi connectivity index (χ0n) is 3.72. The molecule has 2 aliphatic rings. The molecule has 0 bridgehead atoms. The Labute approximate surface area is 40.7 Å². The minimum Gasteiger partial charge on any atom is -0.0802 e. The van der Waals surface area contributed by atoms with Gasteiger partial charge in [-0.2, -0.15) is 0 Å². The minimum atomic E-state index is 0.766. The largest absolute Gasteiger partial charge is 0.0802 e. The SMILES string of the molecule is C1CP1P1CC1. The van der Waals surface area contributed by atoms with E-state index in [0.717, 1.165) is 15.2 Å².